The van der Waals surface area contributed by atoms with Crippen molar-refractivity contribution in [2.24, 2.45) is 0 Å². The van der Waals surface area contributed by atoms with E-state index in [1.807, 2.05) is 23.9 Å². The summed E-state index contributed by atoms with van der Waals surface area (Å²) >= 11 is 0. The first-order chi connectivity index (χ1) is 8.87. The molecule has 0 radical (unpaired) electrons. The van der Waals surface area contributed by atoms with Gasteiger partial charge in [-0.3, -0.25) is 4.57 Å². The molecule has 0 atom stereocenters. The maximum atomic E-state index is 4.57. The molecule has 4 nitrogen and oxygen atoms in total. The van der Waals surface area contributed by atoms with E-state index in [1.54, 1.807) is 6.20 Å². The van der Waals surface area contributed by atoms with Crippen molar-refractivity contribution in [1.82, 2.24) is 19.9 Å². The number of hydrogen-bond donors (Lipinski definition) is 1. The van der Waals surface area contributed by atoms with Gasteiger partial charge in [0.25, 0.3) is 0 Å². The van der Waals surface area contributed by atoms with E-state index in [2.05, 4.69) is 49.0 Å². The van der Waals surface area contributed by atoms with Crippen molar-refractivity contribution >= 4 is 0 Å². The van der Waals surface area contributed by atoms with Crippen molar-refractivity contribution in [3.05, 3.63) is 41.6 Å². The van der Waals surface area contributed by atoms with Crippen LogP contribution in [0.25, 0.3) is 5.82 Å². The highest BCUT2D eigenvalue weighted by atomic mass is 15.1. The molecule has 102 valence electrons. The molecule has 4 heteroatoms. The van der Waals surface area contributed by atoms with Gasteiger partial charge in [0.15, 0.2) is 0 Å². The molecule has 0 aliphatic carbocycles. The molecule has 0 fully saturated rings. The molecular formula is C15H22N4. The third-order valence-corrected chi connectivity index (χ3v) is 2.98. The first kappa shape index (κ1) is 13.7. The van der Waals surface area contributed by atoms with Crippen LogP contribution in [0.5, 0.6) is 0 Å². The molecule has 1 N–H and O–H groups in total. The lowest BCUT2D eigenvalue weighted by Gasteiger charge is -2.20. The zero-order chi connectivity index (χ0) is 14.0. The van der Waals surface area contributed by atoms with E-state index in [9.17, 15) is 0 Å². The molecule has 0 amide bonds. The van der Waals surface area contributed by atoms with Crippen molar-refractivity contribution < 1.29 is 0 Å². The zero-order valence-corrected chi connectivity index (χ0v) is 12.4. The molecule has 0 aromatic carbocycles. The Morgan fingerprint density at radius 1 is 1.21 bits per heavy atom. The maximum absolute atomic E-state index is 4.57. The molecule has 0 aliphatic rings. The van der Waals surface area contributed by atoms with Gasteiger partial charge in [-0.1, -0.05) is 0 Å². The number of aryl methyl sites for hydroxylation is 2. The molecule has 0 aliphatic heterocycles. The van der Waals surface area contributed by atoms with Gasteiger partial charge in [-0.2, -0.15) is 0 Å². The molecule has 2 heterocycles. The number of pyridine rings is 1. The van der Waals surface area contributed by atoms with Gasteiger partial charge in [0, 0.05) is 30.7 Å². The fourth-order valence-electron chi connectivity index (χ4n) is 1.94. The van der Waals surface area contributed by atoms with Crippen LogP contribution in [0, 0.1) is 13.8 Å². The van der Waals surface area contributed by atoms with E-state index in [1.165, 1.54) is 5.56 Å². The van der Waals surface area contributed by atoms with Crippen LogP contribution < -0.4 is 5.32 Å². The number of nitrogens with one attached hydrogen (secondary N) is 1. The Balaban J connectivity index is 2.21. The standard InChI is InChI=1S/C15H22N4/c1-11-8-13(10-18-15(3,4)5)9-17-14(11)19-7-6-16-12(19)2/h6-9,18H,10H2,1-5H3. The highest BCUT2D eigenvalue weighted by molar-refractivity contribution is 5.36. The number of nitrogens with zero attached hydrogens (tertiary/aromatic N) is 3. The molecule has 2 rings (SSSR count). The summed E-state index contributed by atoms with van der Waals surface area (Å²) in [6, 6.07) is 2.18. The SMILES string of the molecule is Cc1cc(CNC(C)(C)C)cnc1-n1ccnc1C. The molecule has 0 bridgehead atoms. The second-order valence-electron chi connectivity index (χ2n) is 5.93. The average Bonchev–Trinajstić information content (AvgIpc) is 2.72. The number of hydrogen-bond acceptors (Lipinski definition) is 3. The average molecular weight is 258 g/mol. The largest absolute Gasteiger partial charge is 0.308 e. The van der Waals surface area contributed by atoms with Crippen LogP contribution in [0.15, 0.2) is 24.7 Å². The lowest BCUT2D eigenvalue weighted by atomic mass is 10.1. The number of rotatable bonds is 3. The quantitative estimate of drug-likeness (QED) is 0.920. The van der Waals surface area contributed by atoms with Crippen molar-refractivity contribution in [3.63, 3.8) is 0 Å². The summed E-state index contributed by atoms with van der Waals surface area (Å²) in [6.45, 7) is 11.4. The first-order valence-corrected chi connectivity index (χ1v) is 6.58. The minimum atomic E-state index is 0.119. The lowest BCUT2D eigenvalue weighted by molar-refractivity contribution is 0.424. The van der Waals surface area contributed by atoms with Crippen LogP contribution in [0.3, 0.4) is 0 Å². The second-order valence-corrected chi connectivity index (χ2v) is 5.93. The van der Waals surface area contributed by atoms with Gasteiger partial charge in [0.2, 0.25) is 0 Å². The summed E-state index contributed by atoms with van der Waals surface area (Å²) < 4.78 is 2.01. The van der Waals surface area contributed by atoms with Gasteiger partial charge >= 0.3 is 0 Å². The van der Waals surface area contributed by atoms with E-state index < -0.39 is 0 Å². The van der Waals surface area contributed by atoms with Gasteiger partial charge in [-0.25, -0.2) is 9.97 Å². The van der Waals surface area contributed by atoms with Crippen molar-refractivity contribution in [3.8, 4) is 5.82 Å². The predicted octanol–water partition coefficient (Wildman–Crippen LogP) is 2.77. The van der Waals surface area contributed by atoms with Gasteiger partial charge in [-0.05, 0) is 51.8 Å². The van der Waals surface area contributed by atoms with Gasteiger partial charge in [0.1, 0.15) is 11.6 Å². The number of aromatic nitrogens is 3. The van der Waals surface area contributed by atoms with Crippen molar-refractivity contribution in [2.45, 2.75) is 46.7 Å². The summed E-state index contributed by atoms with van der Waals surface area (Å²) in [5.41, 5.74) is 2.48. The normalized spacial score (nSPS) is 11.8. The molecule has 0 saturated carbocycles. The molecule has 2 aromatic rings. The third kappa shape index (κ3) is 3.41. The van der Waals surface area contributed by atoms with E-state index in [-0.39, 0.29) is 5.54 Å². The summed E-state index contributed by atoms with van der Waals surface area (Å²) in [6.07, 6.45) is 5.67. The lowest BCUT2D eigenvalue weighted by Crippen LogP contribution is -2.35. The predicted molar refractivity (Wildman–Crippen MR) is 77.4 cm³/mol. The van der Waals surface area contributed by atoms with Crippen LogP contribution >= 0.6 is 0 Å². The minimum Gasteiger partial charge on any atom is -0.308 e. The third-order valence-electron chi connectivity index (χ3n) is 2.98. The van der Waals surface area contributed by atoms with Crippen LogP contribution in [0.4, 0.5) is 0 Å². The number of imidazole rings is 1. The van der Waals surface area contributed by atoms with E-state index in [0.29, 0.717) is 0 Å². The zero-order valence-electron chi connectivity index (χ0n) is 12.4. The van der Waals surface area contributed by atoms with E-state index in [4.69, 9.17) is 0 Å². The topological polar surface area (TPSA) is 42.7 Å². The van der Waals surface area contributed by atoms with E-state index >= 15 is 0 Å². The van der Waals surface area contributed by atoms with Crippen molar-refractivity contribution in [1.29, 1.82) is 0 Å². The highest BCUT2D eigenvalue weighted by Crippen LogP contribution is 2.14. The van der Waals surface area contributed by atoms with E-state index in [0.717, 1.165) is 23.8 Å². The summed E-state index contributed by atoms with van der Waals surface area (Å²) in [4.78, 5) is 8.80. The van der Waals surface area contributed by atoms with Gasteiger partial charge in [-0.15, -0.1) is 0 Å². The fourth-order valence-corrected chi connectivity index (χ4v) is 1.94. The first-order valence-electron chi connectivity index (χ1n) is 6.58. The fraction of sp³-hybridized carbons (Fsp3) is 0.467. The molecule has 0 saturated heterocycles. The van der Waals surface area contributed by atoms with Crippen LogP contribution in [0.2, 0.25) is 0 Å². The van der Waals surface area contributed by atoms with Crippen molar-refractivity contribution in [2.75, 3.05) is 0 Å². The molecule has 19 heavy (non-hydrogen) atoms. The Morgan fingerprint density at radius 3 is 2.47 bits per heavy atom. The Kier molecular flexibility index (Phi) is 3.71. The Bertz CT molecular complexity index is 564. The van der Waals surface area contributed by atoms with Crippen LogP contribution in [-0.2, 0) is 6.54 Å². The van der Waals surface area contributed by atoms with Crippen LogP contribution in [-0.4, -0.2) is 20.1 Å². The summed E-state index contributed by atoms with van der Waals surface area (Å²) in [7, 11) is 0. The molecule has 0 unspecified atom stereocenters. The second kappa shape index (κ2) is 5.13. The Labute approximate surface area is 114 Å². The van der Waals surface area contributed by atoms with Crippen LogP contribution in [0.1, 0.15) is 37.7 Å². The Morgan fingerprint density at radius 2 is 1.95 bits per heavy atom. The maximum Gasteiger partial charge on any atom is 0.140 e. The monoisotopic (exact) mass is 258 g/mol. The smallest absolute Gasteiger partial charge is 0.140 e. The molecule has 2 aromatic heterocycles. The van der Waals surface area contributed by atoms with Gasteiger partial charge < -0.3 is 5.32 Å². The summed E-state index contributed by atoms with van der Waals surface area (Å²) in [5.74, 6) is 1.91. The molecular weight excluding hydrogens is 236 g/mol. The minimum absolute atomic E-state index is 0.119. The Hall–Kier alpha value is -1.68. The molecule has 0 spiro atoms. The summed E-state index contributed by atoms with van der Waals surface area (Å²) in [5, 5.41) is 3.47. The van der Waals surface area contributed by atoms with Gasteiger partial charge in [0.05, 0.1) is 0 Å². The highest BCUT2D eigenvalue weighted by Gasteiger charge is 2.10.